The molecule has 0 spiro atoms. The Balaban J connectivity index is 1.46. The minimum Gasteiger partial charge on any atom is -0.496 e. The third kappa shape index (κ3) is 5.45. The molecule has 1 saturated carbocycles. The van der Waals surface area contributed by atoms with Crippen LogP contribution in [0.4, 0.5) is 0 Å². The zero-order valence-corrected chi connectivity index (χ0v) is 23.5. The first-order valence-electron chi connectivity index (χ1n) is 14.5. The molecule has 0 amide bonds. The van der Waals surface area contributed by atoms with E-state index in [1.165, 1.54) is 30.4 Å². The van der Waals surface area contributed by atoms with E-state index < -0.39 is 0 Å². The van der Waals surface area contributed by atoms with Crippen molar-refractivity contribution in [1.82, 2.24) is 0 Å². The molecule has 2 aliphatic carbocycles. The van der Waals surface area contributed by atoms with Crippen molar-refractivity contribution in [2.24, 2.45) is 0 Å². The average molecular weight is 541 g/mol. The van der Waals surface area contributed by atoms with Gasteiger partial charge < -0.3 is 14.6 Å². The molecule has 0 saturated heterocycles. The number of para-hydroxylation sites is 1. The molecule has 1 atom stereocenters. The molecule has 2 aliphatic rings. The van der Waals surface area contributed by atoms with Gasteiger partial charge in [0.2, 0.25) is 0 Å². The summed E-state index contributed by atoms with van der Waals surface area (Å²) in [5, 5.41) is 11.2. The van der Waals surface area contributed by atoms with Crippen molar-refractivity contribution in [2.45, 2.75) is 43.4 Å². The summed E-state index contributed by atoms with van der Waals surface area (Å²) in [6.45, 7) is 0. The van der Waals surface area contributed by atoms with Gasteiger partial charge in [-0.05, 0) is 59.4 Å². The summed E-state index contributed by atoms with van der Waals surface area (Å²) >= 11 is 0. The second-order valence-electron chi connectivity index (χ2n) is 10.9. The fourth-order valence-electron chi connectivity index (χ4n) is 6.48. The molecule has 0 bridgehead atoms. The van der Waals surface area contributed by atoms with Crippen LogP contribution in [0.3, 0.4) is 0 Å². The fraction of sp³-hybridized carbons (Fsp3) is 0.211. The van der Waals surface area contributed by atoms with Gasteiger partial charge in [-0.15, -0.1) is 0 Å². The number of aliphatic hydroxyl groups is 1. The van der Waals surface area contributed by atoms with Crippen molar-refractivity contribution < 1.29 is 14.6 Å². The van der Waals surface area contributed by atoms with E-state index in [-0.39, 0.29) is 17.3 Å². The molecule has 1 unspecified atom stereocenters. The molecular weight excluding hydrogens is 504 g/mol. The SMILES string of the molecule is COc1ccc(C2(C3=CC(c4ccccc4)C(=C(O)Oc4ccccc4)C=C3)CCCCC2)cc1-c1ccccc1. The zero-order chi connectivity index (χ0) is 28.1. The number of benzene rings is 4. The molecule has 41 heavy (non-hydrogen) atoms. The molecule has 3 nitrogen and oxygen atoms in total. The van der Waals surface area contributed by atoms with E-state index in [4.69, 9.17) is 9.47 Å². The van der Waals surface area contributed by atoms with E-state index in [1.54, 1.807) is 7.11 Å². The number of rotatable bonds is 7. The Labute approximate surface area is 243 Å². The number of allylic oxidation sites excluding steroid dienone is 5. The van der Waals surface area contributed by atoms with E-state index >= 15 is 0 Å². The molecule has 6 rings (SSSR count). The standard InChI is InChI=1S/C38H36O3/c1-40-36-23-21-31(27-35(36)29-16-8-3-9-17-29)38(24-12-5-13-25-38)30-20-22-33(34(26-30)28-14-6-2-7-15-28)37(39)41-32-18-10-4-11-19-32/h2-4,6-11,14-23,26-27,34,39H,5,12-13,24-25H2,1H3. The average Bonchev–Trinajstić information content (AvgIpc) is 3.05. The minimum absolute atomic E-state index is 0.0647. The third-order valence-electron chi connectivity index (χ3n) is 8.58. The molecule has 4 aromatic rings. The predicted molar refractivity (Wildman–Crippen MR) is 166 cm³/mol. The quantitative estimate of drug-likeness (QED) is 0.237. The Hall–Kier alpha value is -4.50. The number of methoxy groups -OCH3 is 1. The first kappa shape index (κ1) is 26.7. The van der Waals surface area contributed by atoms with Crippen molar-refractivity contribution in [3.63, 3.8) is 0 Å². The summed E-state index contributed by atoms with van der Waals surface area (Å²) in [5.41, 5.74) is 6.64. The molecule has 4 aromatic carbocycles. The predicted octanol–water partition coefficient (Wildman–Crippen LogP) is 9.69. The number of hydrogen-bond donors (Lipinski definition) is 1. The zero-order valence-electron chi connectivity index (χ0n) is 23.5. The molecule has 0 aliphatic heterocycles. The highest BCUT2D eigenvalue weighted by Crippen LogP contribution is 2.50. The van der Waals surface area contributed by atoms with E-state index in [0.29, 0.717) is 5.75 Å². The fourth-order valence-corrected chi connectivity index (χ4v) is 6.48. The Kier molecular flexibility index (Phi) is 7.78. The van der Waals surface area contributed by atoms with Crippen LogP contribution in [0.25, 0.3) is 11.1 Å². The highest BCUT2D eigenvalue weighted by Gasteiger charge is 2.39. The second kappa shape index (κ2) is 11.9. The monoisotopic (exact) mass is 540 g/mol. The van der Waals surface area contributed by atoms with E-state index in [0.717, 1.165) is 40.9 Å². The second-order valence-corrected chi connectivity index (χ2v) is 10.9. The third-order valence-corrected chi connectivity index (χ3v) is 8.58. The van der Waals surface area contributed by atoms with Crippen LogP contribution < -0.4 is 9.47 Å². The van der Waals surface area contributed by atoms with Gasteiger partial charge >= 0.3 is 0 Å². The maximum absolute atomic E-state index is 11.2. The van der Waals surface area contributed by atoms with Gasteiger partial charge in [-0.25, -0.2) is 0 Å². The highest BCUT2D eigenvalue weighted by atomic mass is 16.6. The summed E-state index contributed by atoms with van der Waals surface area (Å²) in [4.78, 5) is 0. The lowest BCUT2D eigenvalue weighted by Crippen LogP contribution is -2.32. The van der Waals surface area contributed by atoms with Crippen molar-refractivity contribution in [3.8, 4) is 22.6 Å². The molecule has 3 heteroatoms. The van der Waals surface area contributed by atoms with Crippen molar-refractivity contribution in [2.75, 3.05) is 7.11 Å². The lowest BCUT2D eigenvalue weighted by Gasteiger charge is -2.41. The summed E-state index contributed by atoms with van der Waals surface area (Å²) in [6, 6.07) is 37.1. The Morgan fingerprint density at radius 3 is 2.10 bits per heavy atom. The Bertz CT molecular complexity index is 1560. The molecule has 206 valence electrons. The number of hydrogen-bond acceptors (Lipinski definition) is 3. The maximum Gasteiger partial charge on any atom is 0.286 e. The largest absolute Gasteiger partial charge is 0.496 e. The number of aliphatic hydroxyl groups excluding tert-OH is 1. The lowest BCUT2D eigenvalue weighted by atomic mass is 9.62. The van der Waals surface area contributed by atoms with Crippen molar-refractivity contribution >= 4 is 0 Å². The first-order valence-corrected chi connectivity index (χ1v) is 14.5. The smallest absolute Gasteiger partial charge is 0.286 e. The topological polar surface area (TPSA) is 38.7 Å². The normalized spacial score (nSPS) is 19.2. The molecule has 0 aromatic heterocycles. The molecular formula is C38H36O3. The van der Waals surface area contributed by atoms with Crippen LogP contribution in [0.1, 0.15) is 49.1 Å². The van der Waals surface area contributed by atoms with Crippen LogP contribution in [0.5, 0.6) is 11.5 Å². The van der Waals surface area contributed by atoms with Crippen molar-refractivity contribution in [3.05, 3.63) is 156 Å². The highest BCUT2D eigenvalue weighted by molar-refractivity contribution is 5.72. The summed E-state index contributed by atoms with van der Waals surface area (Å²) in [6.07, 6.45) is 12.4. The van der Waals surface area contributed by atoms with E-state index in [2.05, 4.69) is 85.0 Å². The summed E-state index contributed by atoms with van der Waals surface area (Å²) < 4.78 is 11.7. The van der Waals surface area contributed by atoms with Crippen LogP contribution in [0.2, 0.25) is 0 Å². The van der Waals surface area contributed by atoms with Gasteiger partial charge in [0.1, 0.15) is 11.5 Å². The van der Waals surface area contributed by atoms with Gasteiger partial charge in [-0.2, -0.15) is 0 Å². The Morgan fingerprint density at radius 2 is 1.41 bits per heavy atom. The van der Waals surface area contributed by atoms with Crippen LogP contribution >= 0.6 is 0 Å². The van der Waals surface area contributed by atoms with Gasteiger partial charge in [0, 0.05) is 22.5 Å². The Morgan fingerprint density at radius 1 is 0.756 bits per heavy atom. The number of ether oxygens (including phenoxy) is 2. The van der Waals surface area contributed by atoms with Crippen LogP contribution in [-0.4, -0.2) is 12.2 Å². The molecule has 0 radical (unpaired) electrons. The van der Waals surface area contributed by atoms with Crippen molar-refractivity contribution in [1.29, 1.82) is 0 Å². The van der Waals surface area contributed by atoms with Crippen LogP contribution in [-0.2, 0) is 5.41 Å². The van der Waals surface area contributed by atoms with Crippen LogP contribution in [0, 0.1) is 0 Å². The summed E-state index contributed by atoms with van der Waals surface area (Å²) in [5.74, 6) is 1.30. The van der Waals surface area contributed by atoms with E-state index in [9.17, 15) is 5.11 Å². The van der Waals surface area contributed by atoms with Gasteiger partial charge in [0.25, 0.3) is 5.95 Å². The molecule has 1 fully saturated rings. The van der Waals surface area contributed by atoms with Crippen LogP contribution in [0.15, 0.2) is 145 Å². The van der Waals surface area contributed by atoms with E-state index in [1.807, 2.05) is 42.5 Å². The van der Waals surface area contributed by atoms with Gasteiger partial charge in [-0.1, -0.05) is 122 Å². The van der Waals surface area contributed by atoms with Gasteiger partial charge in [0.05, 0.1) is 7.11 Å². The minimum atomic E-state index is -0.134. The lowest BCUT2D eigenvalue weighted by molar-refractivity contribution is 0.202. The first-order chi connectivity index (χ1) is 20.2. The molecule has 1 N–H and O–H groups in total. The van der Waals surface area contributed by atoms with Gasteiger partial charge in [-0.3, -0.25) is 0 Å². The van der Waals surface area contributed by atoms with Gasteiger partial charge in [0.15, 0.2) is 0 Å². The maximum atomic E-state index is 11.2. The molecule has 0 heterocycles. The summed E-state index contributed by atoms with van der Waals surface area (Å²) in [7, 11) is 1.74.